The molecule has 0 N–H and O–H groups in total. The van der Waals surface area contributed by atoms with Crippen LogP contribution >= 0.6 is 0 Å². The van der Waals surface area contributed by atoms with Crippen molar-refractivity contribution in [3.8, 4) is 0 Å². The van der Waals surface area contributed by atoms with E-state index >= 15 is 0 Å². The monoisotopic (exact) mass is 233 g/mol. The van der Waals surface area contributed by atoms with Crippen molar-refractivity contribution in [1.29, 1.82) is 0 Å². The van der Waals surface area contributed by atoms with E-state index in [0.29, 0.717) is 5.52 Å². The summed E-state index contributed by atoms with van der Waals surface area (Å²) in [5.74, 6) is 0.0310. The van der Waals surface area contributed by atoms with Crippen LogP contribution in [0.4, 0.5) is 0 Å². The molecule has 17 heavy (non-hydrogen) atoms. The molecule has 2 aromatic heterocycles. The van der Waals surface area contributed by atoms with E-state index in [0.717, 1.165) is 0 Å². The molecule has 5 nitrogen and oxygen atoms in total. The molecular weight excluding hydrogens is 218 g/mol. The maximum atomic E-state index is 12.0. The first kappa shape index (κ1) is 11.6. The number of aromatic nitrogens is 3. The van der Waals surface area contributed by atoms with Crippen LogP contribution in [-0.2, 0) is 11.3 Å². The third-order valence-electron chi connectivity index (χ3n) is 2.69. The molecular formula is C12H15N3O2. The van der Waals surface area contributed by atoms with Gasteiger partial charge in [-0.1, -0.05) is 20.8 Å². The molecule has 0 saturated heterocycles. The summed E-state index contributed by atoms with van der Waals surface area (Å²) in [6.07, 6.45) is 4.82. The van der Waals surface area contributed by atoms with E-state index in [1.165, 1.54) is 9.08 Å². The first-order valence-corrected chi connectivity index (χ1v) is 5.46. The Kier molecular flexibility index (Phi) is 2.61. The average Bonchev–Trinajstić information content (AvgIpc) is 2.69. The van der Waals surface area contributed by atoms with E-state index in [1.807, 2.05) is 20.8 Å². The predicted octanol–water partition coefficient (Wildman–Crippen LogP) is 1.11. The highest BCUT2D eigenvalue weighted by atomic mass is 16.1. The molecule has 0 saturated carbocycles. The van der Waals surface area contributed by atoms with Gasteiger partial charge in [0.15, 0.2) is 5.78 Å². The van der Waals surface area contributed by atoms with Gasteiger partial charge in [-0.2, -0.15) is 5.10 Å². The number of rotatable bonds is 2. The molecule has 2 rings (SSSR count). The summed E-state index contributed by atoms with van der Waals surface area (Å²) >= 11 is 0. The van der Waals surface area contributed by atoms with Crippen molar-refractivity contribution in [3.05, 3.63) is 35.0 Å². The van der Waals surface area contributed by atoms with Crippen LogP contribution in [0, 0.1) is 5.41 Å². The van der Waals surface area contributed by atoms with Crippen molar-refractivity contribution in [2.24, 2.45) is 5.41 Å². The normalized spacial score (nSPS) is 11.9. The van der Waals surface area contributed by atoms with Gasteiger partial charge in [0.1, 0.15) is 5.52 Å². The Hall–Kier alpha value is -1.91. The number of hydrogen-bond donors (Lipinski definition) is 0. The number of carbonyl (C=O) groups is 1. The number of ketones is 1. The minimum Gasteiger partial charge on any atom is -0.305 e. The summed E-state index contributed by atoms with van der Waals surface area (Å²) in [4.78, 5) is 23.9. The van der Waals surface area contributed by atoms with Gasteiger partial charge in [-0.05, 0) is 6.07 Å². The molecule has 0 bridgehead atoms. The van der Waals surface area contributed by atoms with Crippen LogP contribution in [0.3, 0.4) is 0 Å². The smallest absolute Gasteiger partial charge is 0.276 e. The number of nitrogens with zero attached hydrogens (tertiary/aromatic N) is 3. The molecule has 0 amide bonds. The Labute approximate surface area is 98.7 Å². The van der Waals surface area contributed by atoms with Crippen molar-refractivity contribution in [1.82, 2.24) is 14.2 Å². The molecule has 0 fully saturated rings. The maximum Gasteiger partial charge on any atom is 0.276 e. The maximum absolute atomic E-state index is 12.0. The average molecular weight is 233 g/mol. The van der Waals surface area contributed by atoms with Gasteiger partial charge >= 0.3 is 0 Å². The molecule has 0 aliphatic heterocycles. The molecule has 0 aliphatic rings. The van der Waals surface area contributed by atoms with E-state index < -0.39 is 5.41 Å². The van der Waals surface area contributed by atoms with Crippen molar-refractivity contribution in [2.45, 2.75) is 27.3 Å². The van der Waals surface area contributed by atoms with Crippen LogP contribution < -0.4 is 5.56 Å². The quantitative estimate of drug-likeness (QED) is 0.780. The first-order chi connectivity index (χ1) is 7.89. The topological polar surface area (TPSA) is 56.4 Å². The zero-order valence-electron chi connectivity index (χ0n) is 10.2. The van der Waals surface area contributed by atoms with Crippen LogP contribution in [0.5, 0.6) is 0 Å². The second-order valence-corrected chi connectivity index (χ2v) is 5.07. The zero-order valence-corrected chi connectivity index (χ0v) is 10.2. The summed E-state index contributed by atoms with van der Waals surface area (Å²) in [5.41, 5.74) is -0.150. The number of fused-ring (bicyclic) bond motifs is 1. The van der Waals surface area contributed by atoms with Crippen LogP contribution in [0.1, 0.15) is 20.8 Å². The van der Waals surface area contributed by atoms with Gasteiger partial charge in [0.05, 0.1) is 12.7 Å². The molecule has 5 heteroatoms. The number of hydrogen-bond acceptors (Lipinski definition) is 3. The number of carbonyl (C=O) groups excluding carboxylic acids is 1. The summed E-state index contributed by atoms with van der Waals surface area (Å²) in [7, 11) is 0. The lowest BCUT2D eigenvalue weighted by Crippen LogP contribution is -2.31. The van der Waals surface area contributed by atoms with Gasteiger partial charge in [-0.3, -0.25) is 9.59 Å². The largest absolute Gasteiger partial charge is 0.305 e. The van der Waals surface area contributed by atoms with E-state index in [9.17, 15) is 9.59 Å². The van der Waals surface area contributed by atoms with Gasteiger partial charge in [-0.15, -0.1) is 0 Å². The first-order valence-electron chi connectivity index (χ1n) is 5.46. The molecule has 0 atom stereocenters. The molecule has 90 valence electrons. The van der Waals surface area contributed by atoms with Crippen molar-refractivity contribution < 1.29 is 4.79 Å². The standard InChI is InChI=1S/C12H15N3O2/c1-12(2,3)10(16)8-14-6-7-15-9(11(14)17)4-5-13-15/h4-7H,8H2,1-3H3. The van der Waals surface area contributed by atoms with Gasteiger partial charge in [-0.25, -0.2) is 4.52 Å². The van der Waals surface area contributed by atoms with Crippen molar-refractivity contribution >= 4 is 11.3 Å². The van der Waals surface area contributed by atoms with Crippen LogP contribution in [-0.4, -0.2) is 20.0 Å². The van der Waals surface area contributed by atoms with E-state index in [1.54, 1.807) is 24.7 Å². The highest BCUT2D eigenvalue weighted by Gasteiger charge is 2.21. The van der Waals surface area contributed by atoms with Crippen molar-refractivity contribution in [3.63, 3.8) is 0 Å². The van der Waals surface area contributed by atoms with Gasteiger partial charge < -0.3 is 4.57 Å². The highest BCUT2D eigenvalue weighted by Crippen LogP contribution is 2.15. The molecule has 2 heterocycles. The van der Waals surface area contributed by atoms with Crippen LogP contribution in [0.25, 0.3) is 5.52 Å². The van der Waals surface area contributed by atoms with Gasteiger partial charge in [0, 0.05) is 17.8 Å². The fourth-order valence-corrected chi connectivity index (χ4v) is 1.48. The second kappa shape index (κ2) is 3.84. The minimum absolute atomic E-state index is 0.0310. The lowest BCUT2D eigenvalue weighted by atomic mass is 9.91. The van der Waals surface area contributed by atoms with E-state index in [-0.39, 0.29) is 17.9 Å². The fourth-order valence-electron chi connectivity index (χ4n) is 1.48. The molecule has 0 aliphatic carbocycles. The van der Waals surface area contributed by atoms with Gasteiger partial charge in [0.2, 0.25) is 0 Å². The lowest BCUT2D eigenvalue weighted by molar-refractivity contribution is -0.126. The van der Waals surface area contributed by atoms with Gasteiger partial charge in [0.25, 0.3) is 5.56 Å². The Bertz CT molecular complexity index is 616. The van der Waals surface area contributed by atoms with E-state index in [4.69, 9.17) is 0 Å². The lowest BCUT2D eigenvalue weighted by Gasteiger charge is -2.17. The summed E-state index contributed by atoms with van der Waals surface area (Å²) in [6.45, 7) is 5.64. The van der Waals surface area contributed by atoms with Crippen LogP contribution in [0.15, 0.2) is 29.5 Å². The summed E-state index contributed by atoms with van der Waals surface area (Å²) in [5, 5.41) is 3.97. The SMILES string of the molecule is CC(C)(C)C(=O)Cn1ccn2nccc2c1=O. The Morgan fingerprint density at radius 2 is 2.06 bits per heavy atom. The fraction of sp³-hybridized carbons (Fsp3) is 0.417. The highest BCUT2D eigenvalue weighted by molar-refractivity contribution is 5.83. The molecule has 0 unspecified atom stereocenters. The number of Topliss-reactive ketones (excluding diaryl/α,β-unsaturated/α-hetero) is 1. The predicted molar refractivity (Wildman–Crippen MR) is 63.9 cm³/mol. The van der Waals surface area contributed by atoms with E-state index in [2.05, 4.69) is 5.10 Å². The third-order valence-corrected chi connectivity index (χ3v) is 2.69. The Balaban J connectivity index is 2.40. The van der Waals surface area contributed by atoms with Crippen LogP contribution in [0.2, 0.25) is 0 Å². The molecule has 2 aromatic rings. The zero-order chi connectivity index (χ0) is 12.6. The summed E-state index contributed by atoms with van der Waals surface area (Å²) in [6, 6.07) is 1.64. The minimum atomic E-state index is -0.439. The molecule has 0 aromatic carbocycles. The molecule has 0 radical (unpaired) electrons. The second-order valence-electron chi connectivity index (χ2n) is 5.07. The van der Waals surface area contributed by atoms with Crippen molar-refractivity contribution in [2.75, 3.05) is 0 Å². The summed E-state index contributed by atoms with van der Waals surface area (Å²) < 4.78 is 2.92. The third kappa shape index (κ3) is 2.13. The Morgan fingerprint density at radius 1 is 1.35 bits per heavy atom. The molecule has 0 spiro atoms. The Morgan fingerprint density at radius 3 is 2.71 bits per heavy atom.